The summed E-state index contributed by atoms with van der Waals surface area (Å²) < 4.78 is 62.6. The van der Waals surface area contributed by atoms with E-state index >= 15 is 0 Å². The zero-order chi connectivity index (χ0) is 24.5. The topological polar surface area (TPSA) is 83.9 Å². The van der Waals surface area contributed by atoms with Gasteiger partial charge in [-0.05, 0) is 66.9 Å². The third-order valence-electron chi connectivity index (χ3n) is 5.63. The Morgan fingerprint density at radius 1 is 1.12 bits per heavy atom. The number of aliphatic hydroxyl groups excluding tert-OH is 1. The maximum absolute atomic E-state index is 14.4. The van der Waals surface area contributed by atoms with Crippen molar-refractivity contribution in [1.29, 1.82) is 0 Å². The molecule has 0 saturated carbocycles. The summed E-state index contributed by atoms with van der Waals surface area (Å²) in [6, 6.07) is 14.0. The van der Waals surface area contributed by atoms with Crippen molar-refractivity contribution in [2.24, 2.45) is 0 Å². The molecule has 4 rings (SSSR count). The molecule has 9 heteroatoms. The lowest BCUT2D eigenvalue weighted by molar-refractivity contribution is -0.122. The molecular formula is C25H23F2NO5S. The molecule has 1 aliphatic rings. The standard InChI is InChI=1S/C25H23F2NO5S/c1-16-3-2-4-21(11-16)34(31,32)28-14-20(8-7-19(30)15-29)33-25-10-5-17(12-24(25)28)22-13-18(26)6-9-23(22)27/h2-6,9-13,20,29H,7-8,14-15H2,1H3/t20-/m0/s1. The van der Waals surface area contributed by atoms with Crippen LogP contribution in [0.15, 0.2) is 65.6 Å². The molecule has 3 aromatic carbocycles. The molecule has 178 valence electrons. The lowest BCUT2D eigenvalue weighted by atomic mass is 10.0. The number of fused-ring (bicyclic) bond motifs is 1. The number of carbonyl (C=O) groups excluding carboxylic acids is 1. The van der Waals surface area contributed by atoms with Crippen LogP contribution in [-0.2, 0) is 14.8 Å². The fraction of sp³-hybridized carbons (Fsp3) is 0.240. The second kappa shape index (κ2) is 9.52. The second-order valence-electron chi connectivity index (χ2n) is 8.13. The number of anilines is 1. The highest BCUT2D eigenvalue weighted by molar-refractivity contribution is 7.92. The van der Waals surface area contributed by atoms with Gasteiger partial charge in [-0.2, -0.15) is 0 Å². The number of benzene rings is 3. The molecule has 0 amide bonds. The van der Waals surface area contributed by atoms with E-state index in [1.54, 1.807) is 25.1 Å². The van der Waals surface area contributed by atoms with Crippen molar-refractivity contribution >= 4 is 21.5 Å². The van der Waals surface area contributed by atoms with E-state index in [-0.39, 0.29) is 52.6 Å². The zero-order valence-electron chi connectivity index (χ0n) is 18.4. The first-order chi connectivity index (χ1) is 16.2. The quantitative estimate of drug-likeness (QED) is 0.539. The van der Waals surface area contributed by atoms with E-state index in [1.807, 2.05) is 0 Å². The molecule has 0 radical (unpaired) electrons. The second-order valence-corrected chi connectivity index (χ2v) is 10.00. The Morgan fingerprint density at radius 2 is 1.91 bits per heavy atom. The number of hydrogen-bond acceptors (Lipinski definition) is 5. The normalized spacial score (nSPS) is 15.5. The predicted octanol–water partition coefficient (Wildman–Crippen LogP) is 4.24. The van der Waals surface area contributed by atoms with Crippen molar-refractivity contribution < 1.29 is 31.8 Å². The maximum atomic E-state index is 14.4. The summed E-state index contributed by atoms with van der Waals surface area (Å²) in [7, 11) is -4.04. The van der Waals surface area contributed by atoms with E-state index in [4.69, 9.17) is 9.84 Å². The van der Waals surface area contributed by atoms with Gasteiger partial charge in [-0.25, -0.2) is 17.2 Å². The van der Waals surface area contributed by atoms with Gasteiger partial charge in [0.2, 0.25) is 0 Å². The number of rotatable bonds is 7. The molecule has 1 heterocycles. The minimum absolute atomic E-state index is 0.00799. The van der Waals surface area contributed by atoms with Crippen molar-refractivity contribution in [3.8, 4) is 16.9 Å². The Labute approximate surface area is 196 Å². The van der Waals surface area contributed by atoms with Gasteiger partial charge in [-0.15, -0.1) is 0 Å². The van der Waals surface area contributed by atoms with E-state index in [0.717, 1.165) is 23.8 Å². The van der Waals surface area contributed by atoms with Gasteiger partial charge < -0.3 is 9.84 Å². The van der Waals surface area contributed by atoms with Gasteiger partial charge in [-0.3, -0.25) is 9.10 Å². The Kier molecular flexibility index (Phi) is 6.67. The van der Waals surface area contributed by atoms with Crippen LogP contribution in [0.1, 0.15) is 18.4 Å². The SMILES string of the molecule is Cc1cccc(S(=O)(=O)N2C[C@H](CCC(=O)CO)Oc3ccc(-c4cc(F)ccc4F)cc32)c1. The molecule has 6 nitrogen and oxygen atoms in total. The largest absolute Gasteiger partial charge is 0.486 e. The van der Waals surface area contributed by atoms with Crippen LogP contribution in [0.5, 0.6) is 5.75 Å². The molecule has 0 saturated heterocycles. The predicted molar refractivity (Wildman–Crippen MR) is 123 cm³/mol. The van der Waals surface area contributed by atoms with Crippen LogP contribution in [0.25, 0.3) is 11.1 Å². The monoisotopic (exact) mass is 487 g/mol. The molecule has 1 aliphatic heterocycles. The Balaban J connectivity index is 1.80. The van der Waals surface area contributed by atoms with Crippen LogP contribution in [0.2, 0.25) is 0 Å². The number of aliphatic hydroxyl groups is 1. The van der Waals surface area contributed by atoms with Crippen LogP contribution in [0, 0.1) is 18.6 Å². The van der Waals surface area contributed by atoms with Crippen LogP contribution < -0.4 is 9.04 Å². The minimum atomic E-state index is -4.04. The number of sulfonamides is 1. The number of nitrogens with zero attached hydrogens (tertiary/aromatic N) is 1. The lowest BCUT2D eigenvalue weighted by Gasteiger charge is -2.36. The Morgan fingerprint density at radius 3 is 2.65 bits per heavy atom. The summed E-state index contributed by atoms with van der Waals surface area (Å²) in [5.74, 6) is -1.40. The van der Waals surface area contributed by atoms with Crippen LogP contribution in [-0.4, -0.2) is 38.6 Å². The fourth-order valence-electron chi connectivity index (χ4n) is 3.88. The van der Waals surface area contributed by atoms with Gasteiger partial charge in [0.1, 0.15) is 30.1 Å². The molecule has 3 aromatic rings. The number of ketones is 1. The number of aryl methyl sites for hydroxylation is 1. The van der Waals surface area contributed by atoms with Crippen molar-refractivity contribution in [2.45, 2.75) is 30.8 Å². The van der Waals surface area contributed by atoms with Crippen molar-refractivity contribution in [1.82, 2.24) is 0 Å². The zero-order valence-corrected chi connectivity index (χ0v) is 19.2. The van der Waals surface area contributed by atoms with Gasteiger partial charge in [0.25, 0.3) is 10.0 Å². The first-order valence-electron chi connectivity index (χ1n) is 10.7. The van der Waals surface area contributed by atoms with Crippen LogP contribution in [0.3, 0.4) is 0 Å². The van der Waals surface area contributed by atoms with Gasteiger partial charge in [0.15, 0.2) is 5.78 Å². The van der Waals surface area contributed by atoms with Crippen molar-refractivity contribution in [3.63, 3.8) is 0 Å². The minimum Gasteiger partial charge on any atom is -0.486 e. The van der Waals surface area contributed by atoms with Crippen LogP contribution in [0.4, 0.5) is 14.5 Å². The van der Waals surface area contributed by atoms with Gasteiger partial charge in [-0.1, -0.05) is 18.2 Å². The summed E-state index contributed by atoms with van der Waals surface area (Å²) in [5, 5.41) is 9.00. The molecule has 1 N–H and O–H groups in total. The molecule has 0 aliphatic carbocycles. The van der Waals surface area contributed by atoms with Crippen molar-refractivity contribution in [2.75, 3.05) is 17.5 Å². The summed E-state index contributed by atoms with van der Waals surface area (Å²) >= 11 is 0. The highest BCUT2D eigenvalue weighted by Crippen LogP contribution is 2.41. The first kappa shape index (κ1) is 23.8. The van der Waals surface area contributed by atoms with E-state index < -0.39 is 34.4 Å². The van der Waals surface area contributed by atoms with Gasteiger partial charge in [0, 0.05) is 12.0 Å². The summed E-state index contributed by atoms with van der Waals surface area (Å²) in [6.07, 6.45) is -0.403. The van der Waals surface area contributed by atoms with Crippen molar-refractivity contribution in [3.05, 3.63) is 77.9 Å². The fourth-order valence-corrected chi connectivity index (χ4v) is 5.48. The Hall–Kier alpha value is -3.30. The highest BCUT2D eigenvalue weighted by atomic mass is 32.2. The summed E-state index contributed by atoms with van der Waals surface area (Å²) in [5.41, 5.74) is 1.23. The average Bonchev–Trinajstić information content (AvgIpc) is 2.83. The van der Waals surface area contributed by atoms with E-state index in [2.05, 4.69) is 0 Å². The molecule has 0 bridgehead atoms. The van der Waals surface area contributed by atoms with Crippen LogP contribution >= 0.6 is 0 Å². The average molecular weight is 488 g/mol. The van der Waals surface area contributed by atoms with E-state index in [9.17, 15) is 22.0 Å². The Bertz CT molecular complexity index is 1340. The van der Waals surface area contributed by atoms with E-state index in [0.29, 0.717) is 0 Å². The number of ether oxygens (including phenoxy) is 1. The third kappa shape index (κ3) is 4.80. The summed E-state index contributed by atoms with van der Waals surface area (Å²) in [4.78, 5) is 11.7. The molecule has 34 heavy (non-hydrogen) atoms. The molecule has 0 spiro atoms. The number of hydrogen-bond donors (Lipinski definition) is 1. The first-order valence-corrected chi connectivity index (χ1v) is 12.1. The molecule has 0 aromatic heterocycles. The van der Waals surface area contributed by atoms with Gasteiger partial charge >= 0.3 is 0 Å². The molecule has 0 fully saturated rings. The molecular weight excluding hydrogens is 464 g/mol. The number of carbonyl (C=O) groups is 1. The van der Waals surface area contributed by atoms with E-state index in [1.165, 1.54) is 28.6 Å². The molecule has 1 atom stereocenters. The third-order valence-corrected chi connectivity index (χ3v) is 7.40. The highest BCUT2D eigenvalue weighted by Gasteiger charge is 2.35. The lowest BCUT2D eigenvalue weighted by Crippen LogP contribution is -2.43. The summed E-state index contributed by atoms with van der Waals surface area (Å²) in [6.45, 7) is 1.09. The molecule has 0 unspecified atom stereocenters. The smallest absolute Gasteiger partial charge is 0.264 e. The van der Waals surface area contributed by atoms with Gasteiger partial charge in [0.05, 0.1) is 17.1 Å². The number of Topliss-reactive ketones (excluding diaryl/α,β-unsaturated/α-hetero) is 1. The number of halogens is 2. The maximum Gasteiger partial charge on any atom is 0.264 e.